The maximum atomic E-state index is 2.59. The average Bonchev–Trinajstić information content (AvgIpc) is 1.54. The highest BCUT2D eigenvalue weighted by Gasteiger charge is 2.47. The third-order valence-electron chi connectivity index (χ3n) is 29.0. The van der Waals surface area contributed by atoms with E-state index in [1.165, 1.54) is 205 Å². The molecule has 0 amide bonds. The number of hydrogen-bond donors (Lipinski definition) is 0. The van der Waals surface area contributed by atoms with E-state index in [9.17, 15) is 0 Å². The second-order valence-corrected chi connectivity index (χ2v) is 51.2. The van der Waals surface area contributed by atoms with Crippen molar-refractivity contribution in [3.05, 3.63) is 553 Å². The molecule has 130 heavy (non-hydrogen) atoms. The van der Waals surface area contributed by atoms with Gasteiger partial charge in [-0.15, -0.1) is 0 Å². The van der Waals surface area contributed by atoms with E-state index in [4.69, 9.17) is 0 Å². The molecule has 0 aromatic heterocycles. The van der Waals surface area contributed by atoms with E-state index in [0.717, 1.165) is 25.7 Å². The molecule has 0 radical (unpaired) electrons. The van der Waals surface area contributed by atoms with Gasteiger partial charge >= 0.3 is 0 Å². The first-order chi connectivity index (χ1) is 64.3. The Hall–Kier alpha value is -14.7. The molecule has 0 nitrogen and oxygen atoms in total. The zero-order valence-corrected chi connectivity index (χ0v) is 77.2. The molecule has 20 aromatic carbocycles. The van der Waals surface area contributed by atoms with Crippen LogP contribution in [0, 0.1) is 13.8 Å². The molecular weight excluding hydrogens is 1630 g/mol. The highest BCUT2D eigenvalue weighted by atomic mass is 28.3. The van der Waals surface area contributed by atoms with Crippen LogP contribution in [0.15, 0.2) is 497 Å². The normalized spacial score (nSPS) is 12.6. The van der Waals surface area contributed by atoms with Crippen molar-refractivity contribution < 1.29 is 0 Å². The molecule has 4 heteroatoms. The van der Waals surface area contributed by atoms with Gasteiger partial charge in [-0.1, -0.05) is 497 Å². The number of aryl methyl sites for hydroxylation is 2. The van der Waals surface area contributed by atoms with E-state index in [1.54, 1.807) is 0 Å². The van der Waals surface area contributed by atoms with Gasteiger partial charge in [-0.2, -0.15) is 0 Å². The lowest BCUT2D eigenvalue weighted by Crippen LogP contribution is -2.74. The summed E-state index contributed by atoms with van der Waals surface area (Å²) in [6.45, 7) is 4.58. The molecule has 20 aromatic rings. The quantitative estimate of drug-likeness (QED) is 0.0593. The molecular formula is C126H96Si4. The fourth-order valence-corrected chi connectivity index (χ4v) is 42.5. The van der Waals surface area contributed by atoms with Crippen molar-refractivity contribution in [3.63, 3.8) is 0 Å². The van der Waals surface area contributed by atoms with Crippen LogP contribution in [0.1, 0.15) is 55.6 Å². The molecule has 0 unspecified atom stereocenters. The maximum absolute atomic E-state index is 2.69. The Balaban J connectivity index is 0.000000148. The molecule has 0 saturated heterocycles. The third kappa shape index (κ3) is 13.2. The molecule has 0 aliphatic heterocycles. The first-order valence-corrected chi connectivity index (χ1v) is 54.0. The summed E-state index contributed by atoms with van der Waals surface area (Å²) in [5, 5.41) is 22.5. The van der Waals surface area contributed by atoms with Gasteiger partial charge in [0.15, 0.2) is 32.3 Å². The van der Waals surface area contributed by atoms with E-state index < -0.39 is 32.3 Å². The van der Waals surface area contributed by atoms with Crippen molar-refractivity contribution in [1.82, 2.24) is 0 Å². The lowest BCUT2D eigenvalue weighted by atomic mass is 9.88. The lowest BCUT2D eigenvalue weighted by Gasteiger charge is -2.34. The highest BCUT2D eigenvalue weighted by molar-refractivity contribution is 7.22. The fourth-order valence-electron chi connectivity index (χ4n) is 23.4. The summed E-state index contributed by atoms with van der Waals surface area (Å²) in [6, 6.07) is 190. The predicted molar refractivity (Wildman–Crippen MR) is 561 cm³/mol. The van der Waals surface area contributed by atoms with Crippen molar-refractivity contribution in [3.8, 4) is 66.8 Å². The van der Waals surface area contributed by atoms with Gasteiger partial charge in [0.05, 0.1) is 0 Å². The highest BCUT2D eigenvalue weighted by Crippen LogP contribution is 2.50. The third-order valence-corrected chi connectivity index (χ3v) is 48.1. The SMILES string of the molecule is Cc1cc2c(c(-c3cc(C)cc4c3Cc3ccc([Si](c5ccccc5)(c5ccccc5)c5ccccc5)cc3-4)c1)Cc1ccc([Si](c3ccccc3)(c3ccccc3)c3ccccc3)cc1-2.c1ccc([Si](c2ccccc2)(c2ccccc2)c2ccc3c(c2)-c2cccc(-c4cccc5c4Cc4ccc([Si](c6ccccc6)(c6ccccc6)c6ccccc6)cc4-5)c2C3)cc1. The minimum atomic E-state index is -2.69. The topological polar surface area (TPSA) is 0 Å². The zero-order chi connectivity index (χ0) is 86.8. The van der Waals surface area contributed by atoms with Crippen LogP contribution in [-0.2, 0) is 25.7 Å². The molecule has 616 valence electrons. The van der Waals surface area contributed by atoms with Gasteiger partial charge in [-0.05, 0) is 245 Å². The maximum Gasteiger partial charge on any atom is 0.179 e. The van der Waals surface area contributed by atoms with E-state index in [2.05, 4.69) is 511 Å². The van der Waals surface area contributed by atoms with Crippen LogP contribution in [0.25, 0.3) is 66.8 Å². The van der Waals surface area contributed by atoms with Crippen LogP contribution < -0.4 is 83.0 Å². The summed E-state index contributed by atoms with van der Waals surface area (Å²) >= 11 is 0. The number of hydrogen-bond acceptors (Lipinski definition) is 0. The van der Waals surface area contributed by atoms with Crippen molar-refractivity contribution in [2.45, 2.75) is 39.5 Å². The molecule has 0 spiro atoms. The van der Waals surface area contributed by atoms with Crippen LogP contribution in [-0.4, -0.2) is 32.3 Å². The minimum Gasteiger partial charge on any atom is -0.0623 e. The fraction of sp³-hybridized carbons (Fsp3) is 0.0476. The molecule has 24 rings (SSSR count). The summed E-state index contributed by atoms with van der Waals surface area (Å²) in [5.41, 5.74) is 30.5. The molecule has 0 fully saturated rings. The Morgan fingerprint density at radius 2 is 0.269 bits per heavy atom. The molecule has 0 atom stereocenters. The standard InChI is InChI=1S/C64H50Si2.C62H46Si2/c1-45-37-59-57-43-55(65(49-21-9-3-10-22-49,50-23-11-4-12-24-50)51-25-13-5-14-26-51)35-33-47(57)41-63(59)61(39-45)62-40-46(2)38-60-58-44-56(36-34-48(58)42-64(60)62)66(52-27-15-6-16-28-52,53-29-17-7-18-30-53)54-31-19-8-20-32-54;1-7-21-47(22-8-1)63(48-23-9-2-10-24-48,49-25-11-3-12-26-49)53-39-37-45-41-61-55(33-19-35-57(61)59(45)43-53)56-34-20-36-58-60-44-54(40-38-46(60)42-62(56)58)64(50-27-13-4-14-28-50,51-29-15-5-16-30-51)52-31-17-6-18-32-52/h3-40,43-44H,41-42H2,1-2H3;1-40,43-44H,41-42H2. The van der Waals surface area contributed by atoms with Gasteiger partial charge in [-0.25, -0.2) is 0 Å². The Morgan fingerprint density at radius 3 is 0.446 bits per heavy atom. The Morgan fingerprint density at radius 1 is 0.123 bits per heavy atom. The van der Waals surface area contributed by atoms with E-state index >= 15 is 0 Å². The van der Waals surface area contributed by atoms with Gasteiger partial charge in [0.1, 0.15) is 0 Å². The largest absolute Gasteiger partial charge is 0.179 e. The monoisotopic (exact) mass is 1720 g/mol. The van der Waals surface area contributed by atoms with Gasteiger partial charge in [0, 0.05) is 0 Å². The second-order valence-electron chi connectivity index (χ2n) is 35.9. The Labute approximate surface area is 768 Å². The lowest BCUT2D eigenvalue weighted by molar-refractivity contribution is 1.23. The molecule has 0 heterocycles. The van der Waals surface area contributed by atoms with Crippen LogP contribution >= 0.6 is 0 Å². The van der Waals surface area contributed by atoms with E-state index in [-0.39, 0.29) is 0 Å². The molecule has 0 bridgehead atoms. The van der Waals surface area contributed by atoms with Crippen LogP contribution in [0.4, 0.5) is 0 Å². The van der Waals surface area contributed by atoms with Gasteiger partial charge < -0.3 is 0 Å². The average molecular weight is 1720 g/mol. The van der Waals surface area contributed by atoms with Crippen LogP contribution in [0.2, 0.25) is 0 Å². The van der Waals surface area contributed by atoms with Crippen LogP contribution in [0.5, 0.6) is 0 Å². The summed E-state index contributed by atoms with van der Waals surface area (Å²) in [7, 11) is -10.7. The van der Waals surface area contributed by atoms with Crippen LogP contribution in [0.3, 0.4) is 0 Å². The summed E-state index contributed by atoms with van der Waals surface area (Å²) in [5.74, 6) is 0. The molecule has 4 aliphatic rings. The van der Waals surface area contributed by atoms with E-state index in [0.29, 0.717) is 0 Å². The zero-order valence-electron chi connectivity index (χ0n) is 73.2. The second kappa shape index (κ2) is 33.5. The molecule has 0 N–H and O–H groups in total. The van der Waals surface area contributed by atoms with Crippen molar-refractivity contribution in [1.29, 1.82) is 0 Å². The van der Waals surface area contributed by atoms with Gasteiger partial charge in [-0.3, -0.25) is 0 Å². The molecule has 0 saturated carbocycles. The van der Waals surface area contributed by atoms with Crippen molar-refractivity contribution in [2.75, 3.05) is 0 Å². The number of rotatable bonds is 18. The van der Waals surface area contributed by atoms with Crippen molar-refractivity contribution >= 4 is 115 Å². The first kappa shape index (κ1) is 79.9. The smallest absolute Gasteiger partial charge is 0.0623 e. The minimum absolute atomic E-state index is 0.927. The summed E-state index contributed by atoms with van der Waals surface area (Å²) < 4.78 is 0. The Kier molecular flexibility index (Phi) is 20.6. The van der Waals surface area contributed by atoms with Gasteiger partial charge in [0.2, 0.25) is 0 Å². The number of fused-ring (bicyclic) bond motifs is 12. The first-order valence-electron chi connectivity index (χ1n) is 46.0. The predicted octanol–water partition coefficient (Wildman–Crippen LogP) is 19.1. The van der Waals surface area contributed by atoms with Gasteiger partial charge in [0.25, 0.3) is 0 Å². The van der Waals surface area contributed by atoms with Crippen molar-refractivity contribution in [2.24, 2.45) is 0 Å². The Bertz CT molecular complexity index is 6760. The number of benzene rings is 20. The molecule has 4 aliphatic carbocycles. The summed E-state index contributed by atoms with van der Waals surface area (Å²) in [4.78, 5) is 0. The van der Waals surface area contributed by atoms with E-state index in [1.807, 2.05) is 0 Å². The summed E-state index contributed by atoms with van der Waals surface area (Å²) in [6.07, 6.45) is 3.71.